The van der Waals surface area contributed by atoms with Gasteiger partial charge in [-0.15, -0.1) is 0 Å². The average Bonchev–Trinajstić information content (AvgIpc) is 3.20. The van der Waals surface area contributed by atoms with E-state index >= 15 is 0 Å². The highest BCUT2D eigenvalue weighted by atomic mass is 28.4. The summed E-state index contributed by atoms with van der Waals surface area (Å²) in [6.07, 6.45) is 4.43. The molecule has 0 aromatic heterocycles. The number of benzene rings is 1. The molecule has 0 bridgehead atoms. The Kier molecular flexibility index (Phi) is 4.49. The monoisotopic (exact) mass is 306 g/mol. The number of ether oxygens (including phenoxy) is 2. The van der Waals surface area contributed by atoms with Gasteiger partial charge in [0.1, 0.15) is 5.75 Å². The van der Waals surface area contributed by atoms with Gasteiger partial charge in [-0.1, -0.05) is 39.0 Å². The van der Waals surface area contributed by atoms with Gasteiger partial charge in [0.25, 0.3) is 8.32 Å². The van der Waals surface area contributed by atoms with Gasteiger partial charge >= 0.3 is 0 Å². The molecule has 1 fully saturated rings. The van der Waals surface area contributed by atoms with E-state index in [-0.39, 0.29) is 5.04 Å². The molecule has 0 spiro atoms. The lowest BCUT2D eigenvalue weighted by molar-refractivity contribution is 0.386. The van der Waals surface area contributed by atoms with Crippen LogP contribution in [0, 0.1) is 0 Å². The van der Waals surface area contributed by atoms with Gasteiger partial charge in [0, 0.05) is 0 Å². The van der Waals surface area contributed by atoms with Crippen molar-refractivity contribution < 1.29 is 13.9 Å². The van der Waals surface area contributed by atoms with Crippen LogP contribution in [0.25, 0.3) is 6.08 Å². The molecule has 1 aromatic carbocycles. The first-order valence-corrected chi connectivity index (χ1v) is 10.3. The van der Waals surface area contributed by atoms with Crippen LogP contribution in [-0.2, 0) is 4.74 Å². The van der Waals surface area contributed by atoms with Crippen molar-refractivity contribution in [3.05, 3.63) is 29.8 Å². The van der Waals surface area contributed by atoms with Crippen LogP contribution >= 0.6 is 0 Å². The molecule has 116 valence electrons. The maximum atomic E-state index is 6.35. The second-order valence-corrected chi connectivity index (χ2v) is 11.7. The number of hydrogen-bond donors (Lipinski definition) is 0. The van der Waals surface area contributed by atoms with E-state index in [9.17, 15) is 0 Å². The van der Waals surface area contributed by atoms with E-state index in [0.717, 1.165) is 23.7 Å². The molecule has 0 saturated carbocycles. The van der Waals surface area contributed by atoms with Crippen LogP contribution in [0.3, 0.4) is 0 Å². The highest BCUT2D eigenvalue weighted by Crippen LogP contribution is 2.40. The van der Waals surface area contributed by atoms with Gasteiger partial charge in [0.15, 0.2) is 5.75 Å². The molecule has 0 radical (unpaired) electrons. The van der Waals surface area contributed by atoms with Gasteiger partial charge in [0.05, 0.1) is 19.8 Å². The summed E-state index contributed by atoms with van der Waals surface area (Å²) >= 11 is 0. The first-order valence-electron chi connectivity index (χ1n) is 7.40. The van der Waals surface area contributed by atoms with Crippen molar-refractivity contribution in [2.75, 3.05) is 13.7 Å². The van der Waals surface area contributed by atoms with Gasteiger partial charge in [-0.2, -0.15) is 0 Å². The van der Waals surface area contributed by atoms with E-state index in [0.29, 0.717) is 6.10 Å². The van der Waals surface area contributed by atoms with Crippen LogP contribution in [-0.4, -0.2) is 28.1 Å². The third-order valence-electron chi connectivity index (χ3n) is 4.22. The summed E-state index contributed by atoms with van der Waals surface area (Å²) in [5.41, 5.74) is 1.10. The molecule has 0 N–H and O–H groups in total. The van der Waals surface area contributed by atoms with E-state index in [1.54, 1.807) is 7.11 Å². The zero-order chi connectivity index (χ0) is 15.7. The molecule has 1 saturated heterocycles. The highest BCUT2D eigenvalue weighted by Gasteiger charge is 2.39. The lowest BCUT2D eigenvalue weighted by atomic mass is 10.2. The molecule has 1 heterocycles. The summed E-state index contributed by atoms with van der Waals surface area (Å²) in [5.74, 6) is 1.63. The molecule has 2 rings (SSSR count). The molecule has 3 nitrogen and oxygen atoms in total. The van der Waals surface area contributed by atoms with Crippen LogP contribution in [0.15, 0.2) is 24.3 Å². The van der Waals surface area contributed by atoms with Crippen molar-refractivity contribution in [2.24, 2.45) is 0 Å². The zero-order valence-electron chi connectivity index (χ0n) is 13.9. The molecule has 1 atom stereocenters. The summed E-state index contributed by atoms with van der Waals surface area (Å²) in [4.78, 5) is 0. The summed E-state index contributed by atoms with van der Waals surface area (Å²) < 4.78 is 17.0. The van der Waals surface area contributed by atoms with Gasteiger partial charge in [0.2, 0.25) is 0 Å². The molecular weight excluding hydrogens is 280 g/mol. The summed E-state index contributed by atoms with van der Waals surface area (Å²) in [6, 6.07) is 6.08. The second kappa shape index (κ2) is 5.85. The predicted octanol–water partition coefficient (Wildman–Crippen LogP) is 4.49. The Morgan fingerprint density at radius 3 is 2.43 bits per heavy atom. The summed E-state index contributed by atoms with van der Waals surface area (Å²) in [5, 5.41) is 0.167. The number of methoxy groups -OCH3 is 1. The maximum Gasteiger partial charge on any atom is 0.250 e. The van der Waals surface area contributed by atoms with Crippen LogP contribution in [0.4, 0.5) is 0 Å². The largest absolute Gasteiger partial charge is 0.541 e. The first-order chi connectivity index (χ1) is 9.73. The highest BCUT2D eigenvalue weighted by molar-refractivity contribution is 6.74. The van der Waals surface area contributed by atoms with Crippen LogP contribution in [0.1, 0.15) is 26.3 Å². The number of rotatable bonds is 5. The third-order valence-corrected chi connectivity index (χ3v) is 8.56. The quantitative estimate of drug-likeness (QED) is 0.593. The SMILES string of the molecule is COc1cc(/C=C/[C@H]2CO2)ccc1O[Si](C)(C)C(C)(C)C. The molecule has 1 aliphatic rings. The molecule has 4 heteroatoms. The normalized spacial score (nSPS) is 18.9. The molecule has 21 heavy (non-hydrogen) atoms. The lowest BCUT2D eigenvalue weighted by Gasteiger charge is -2.36. The molecule has 0 unspecified atom stereocenters. The van der Waals surface area contributed by atoms with E-state index in [1.807, 2.05) is 12.1 Å². The van der Waals surface area contributed by atoms with Crippen molar-refractivity contribution in [3.63, 3.8) is 0 Å². The fourth-order valence-corrected chi connectivity index (χ4v) is 2.71. The minimum absolute atomic E-state index is 0.167. The van der Waals surface area contributed by atoms with Crippen LogP contribution in [0.5, 0.6) is 11.5 Å². The number of epoxide rings is 1. The Labute approximate surface area is 129 Å². The fourth-order valence-electron chi connectivity index (χ4n) is 1.69. The van der Waals surface area contributed by atoms with Crippen molar-refractivity contribution in [3.8, 4) is 11.5 Å². The topological polar surface area (TPSA) is 31.0 Å². The molecule has 0 amide bonds. The summed E-state index contributed by atoms with van der Waals surface area (Å²) in [6.45, 7) is 12.0. The standard InChI is InChI=1S/C17H26O3Si/c1-17(2,3)21(5,6)20-15-10-8-13(11-16(15)18-4)7-9-14-12-19-14/h7-11,14H,12H2,1-6H3/b9-7+/t14-/m0/s1. The van der Waals surface area contributed by atoms with E-state index in [1.165, 1.54) is 0 Å². The van der Waals surface area contributed by atoms with Gasteiger partial charge in [-0.3, -0.25) is 0 Å². The second-order valence-electron chi connectivity index (χ2n) is 7.00. The van der Waals surface area contributed by atoms with Crippen LogP contribution in [0.2, 0.25) is 18.1 Å². The maximum absolute atomic E-state index is 6.35. The van der Waals surface area contributed by atoms with Gasteiger partial charge in [-0.25, -0.2) is 0 Å². The lowest BCUT2D eigenvalue weighted by Crippen LogP contribution is -2.43. The fraction of sp³-hybridized carbons (Fsp3) is 0.529. The zero-order valence-corrected chi connectivity index (χ0v) is 14.9. The van der Waals surface area contributed by atoms with Crippen molar-refractivity contribution in [1.82, 2.24) is 0 Å². The average molecular weight is 306 g/mol. The Balaban J connectivity index is 2.19. The van der Waals surface area contributed by atoms with Crippen molar-refractivity contribution >= 4 is 14.4 Å². The molecule has 1 aliphatic heterocycles. The first kappa shape index (κ1) is 16.1. The summed E-state index contributed by atoms with van der Waals surface area (Å²) in [7, 11) is -0.169. The van der Waals surface area contributed by atoms with Gasteiger partial charge < -0.3 is 13.9 Å². The smallest absolute Gasteiger partial charge is 0.250 e. The predicted molar refractivity (Wildman–Crippen MR) is 89.6 cm³/mol. The number of hydrogen-bond acceptors (Lipinski definition) is 3. The van der Waals surface area contributed by atoms with E-state index in [4.69, 9.17) is 13.9 Å². The van der Waals surface area contributed by atoms with Crippen LogP contribution < -0.4 is 9.16 Å². The minimum atomic E-state index is -1.86. The third kappa shape index (κ3) is 4.11. The Hall–Kier alpha value is -1.26. The Bertz CT molecular complexity index is 525. The van der Waals surface area contributed by atoms with E-state index in [2.05, 4.69) is 52.1 Å². The Morgan fingerprint density at radius 1 is 1.24 bits per heavy atom. The van der Waals surface area contributed by atoms with E-state index < -0.39 is 8.32 Å². The minimum Gasteiger partial charge on any atom is -0.541 e. The molecular formula is C17H26O3Si. The van der Waals surface area contributed by atoms with Crippen molar-refractivity contribution in [1.29, 1.82) is 0 Å². The molecule has 1 aromatic rings. The van der Waals surface area contributed by atoms with Gasteiger partial charge in [-0.05, 0) is 35.8 Å². The molecule has 0 aliphatic carbocycles. The Morgan fingerprint density at radius 2 is 1.90 bits per heavy atom. The van der Waals surface area contributed by atoms with Crippen molar-refractivity contribution in [2.45, 2.75) is 45.0 Å².